The largest absolute Gasteiger partial charge is 0.370 e. The van der Waals surface area contributed by atoms with Crippen LogP contribution in [0.2, 0.25) is 0 Å². The monoisotopic (exact) mass is 303 g/mol. The van der Waals surface area contributed by atoms with Crippen LogP contribution in [0.4, 0.5) is 5.69 Å². The lowest BCUT2D eigenvalue weighted by Crippen LogP contribution is -2.35. The van der Waals surface area contributed by atoms with E-state index in [2.05, 4.69) is 65.9 Å². The van der Waals surface area contributed by atoms with Crippen molar-refractivity contribution in [2.45, 2.75) is 46.3 Å². The Morgan fingerprint density at radius 2 is 2.10 bits per heavy atom. The maximum Gasteiger partial charge on any atom is 0.0445 e. The summed E-state index contributed by atoms with van der Waals surface area (Å²) in [7, 11) is 2.15. The van der Waals surface area contributed by atoms with Gasteiger partial charge in [0.25, 0.3) is 0 Å². The fourth-order valence-electron chi connectivity index (χ4n) is 2.17. The second-order valence-electron chi connectivity index (χ2n) is 6.55. The predicted octanol–water partition coefficient (Wildman–Crippen LogP) is 3.98. The van der Waals surface area contributed by atoms with Gasteiger partial charge >= 0.3 is 0 Å². The molecule has 0 amide bonds. The van der Waals surface area contributed by atoms with Crippen LogP contribution in [0.1, 0.15) is 37.6 Å². The van der Waals surface area contributed by atoms with Gasteiger partial charge in [-0.3, -0.25) is 4.98 Å². The minimum atomic E-state index is 0.105. The molecule has 0 aliphatic carbocycles. The van der Waals surface area contributed by atoms with E-state index in [4.69, 9.17) is 0 Å². The average molecular weight is 303 g/mol. The van der Waals surface area contributed by atoms with Crippen LogP contribution in [-0.2, 0) is 13.1 Å². The van der Waals surface area contributed by atoms with Gasteiger partial charge in [0, 0.05) is 48.8 Å². The van der Waals surface area contributed by atoms with Crippen molar-refractivity contribution in [3.05, 3.63) is 45.9 Å². The summed E-state index contributed by atoms with van der Waals surface area (Å²) in [6.45, 7) is 10.4. The van der Waals surface area contributed by atoms with Gasteiger partial charge in [-0.05, 0) is 56.2 Å². The molecule has 2 heterocycles. The fourth-order valence-corrected chi connectivity index (χ4v) is 2.83. The highest BCUT2D eigenvalue weighted by Crippen LogP contribution is 2.23. The fraction of sp³-hybridized carbons (Fsp3) is 0.471. The van der Waals surface area contributed by atoms with Gasteiger partial charge in [-0.2, -0.15) is 11.3 Å². The molecular weight excluding hydrogens is 278 g/mol. The Hall–Kier alpha value is -1.39. The second-order valence-corrected chi connectivity index (χ2v) is 7.33. The number of rotatable bonds is 5. The molecular formula is C17H25N3S. The number of thiophene rings is 1. The Kier molecular flexibility index (Phi) is 5.01. The highest BCUT2D eigenvalue weighted by atomic mass is 32.1. The number of pyridine rings is 1. The maximum absolute atomic E-state index is 4.46. The van der Waals surface area contributed by atoms with Gasteiger partial charge in [0.15, 0.2) is 0 Å². The van der Waals surface area contributed by atoms with Crippen LogP contribution < -0.4 is 10.2 Å². The van der Waals surface area contributed by atoms with Crippen LogP contribution in [-0.4, -0.2) is 17.6 Å². The molecule has 2 rings (SSSR count). The Labute approximate surface area is 132 Å². The molecule has 4 heteroatoms. The number of nitrogens with zero attached hydrogens (tertiary/aromatic N) is 2. The molecule has 0 radical (unpaired) electrons. The number of anilines is 1. The van der Waals surface area contributed by atoms with Gasteiger partial charge in [0.2, 0.25) is 0 Å². The molecule has 0 aliphatic rings. The van der Waals surface area contributed by atoms with Crippen LogP contribution in [0.5, 0.6) is 0 Å². The van der Waals surface area contributed by atoms with Crippen molar-refractivity contribution in [1.82, 2.24) is 10.3 Å². The molecule has 0 saturated heterocycles. The Morgan fingerprint density at radius 1 is 1.33 bits per heavy atom. The van der Waals surface area contributed by atoms with E-state index in [1.165, 1.54) is 16.8 Å². The second kappa shape index (κ2) is 6.58. The summed E-state index contributed by atoms with van der Waals surface area (Å²) in [5, 5.41) is 7.88. The molecule has 0 atom stereocenters. The van der Waals surface area contributed by atoms with E-state index in [1.54, 1.807) is 11.3 Å². The van der Waals surface area contributed by atoms with Crippen molar-refractivity contribution in [3.8, 4) is 0 Å². The van der Waals surface area contributed by atoms with E-state index >= 15 is 0 Å². The van der Waals surface area contributed by atoms with Gasteiger partial charge in [0.05, 0.1) is 0 Å². The summed E-state index contributed by atoms with van der Waals surface area (Å²) in [5.74, 6) is 0. The topological polar surface area (TPSA) is 28.2 Å². The highest BCUT2D eigenvalue weighted by Gasteiger charge is 2.13. The van der Waals surface area contributed by atoms with E-state index in [1.807, 2.05) is 13.1 Å². The Bertz CT molecular complexity index is 570. The van der Waals surface area contributed by atoms with Crippen molar-refractivity contribution in [3.63, 3.8) is 0 Å². The summed E-state index contributed by atoms with van der Waals surface area (Å²) in [4.78, 5) is 6.76. The number of aryl methyl sites for hydroxylation is 1. The molecule has 21 heavy (non-hydrogen) atoms. The minimum absolute atomic E-state index is 0.105. The minimum Gasteiger partial charge on any atom is -0.370 e. The third-order valence-electron chi connectivity index (χ3n) is 3.32. The lowest BCUT2D eigenvalue weighted by molar-refractivity contribution is 0.424. The molecule has 114 valence electrons. The Balaban J connectivity index is 2.18. The first-order valence-electron chi connectivity index (χ1n) is 7.28. The number of hydrogen-bond acceptors (Lipinski definition) is 4. The number of aromatic nitrogens is 1. The van der Waals surface area contributed by atoms with Crippen molar-refractivity contribution in [2.24, 2.45) is 0 Å². The van der Waals surface area contributed by atoms with Gasteiger partial charge < -0.3 is 10.2 Å². The standard InChI is InChI=1S/C17H25N3S/c1-13-8-16(20(5)11-14-6-7-21-12-14)15(9-18-13)10-19-17(2,3)4/h6-9,12,19H,10-11H2,1-5H3. The van der Waals surface area contributed by atoms with Crippen LogP contribution in [0, 0.1) is 6.92 Å². The zero-order chi connectivity index (χ0) is 15.5. The summed E-state index contributed by atoms with van der Waals surface area (Å²) >= 11 is 1.75. The molecule has 2 aromatic rings. The molecule has 0 saturated carbocycles. The first kappa shape index (κ1) is 16.0. The molecule has 0 aromatic carbocycles. The smallest absolute Gasteiger partial charge is 0.0445 e. The van der Waals surface area contributed by atoms with Gasteiger partial charge in [0.1, 0.15) is 0 Å². The van der Waals surface area contributed by atoms with Crippen LogP contribution in [0.3, 0.4) is 0 Å². The van der Waals surface area contributed by atoms with E-state index in [-0.39, 0.29) is 5.54 Å². The molecule has 0 fully saturated rings. The molecule has 0 aliphatic heterocycles. The summed E-state index contributed by atoms with van der Waals surface area (Å²) in [5.41, 5.74) is 5.01. The van der Waals surface area contributed by atoms with E-state index in [9.17, 15) is 0 Å². The Morgan fingerprint density at radius 3 is 2.71 bits per heavy atom. The molecule has 0 spiro atoms. The molecule has 2 aromatic heterocycles. The number of nitrogens with one attached hydrogen (secondary N) is 1. The van der Waals surface area contributed by atoms with Gasteiger partial charge in [-0.15, -0.1) is 0 Å². The lowest BCUT2D eigenvalue weighted by Gasteiger charge is -2.25. The van der Waals surface area contributed by atoms with E-state index < -0.39 is 0 Å². The third kappa shape index (κ3) is 4.83. The average Bonchev–Trinajstić information content (AvgIpc) is 2.89. The summed E-state index contributed by atoms with van der Waals surface area (Å²) in [6.07, 6.45) is 1.99. The molecule has 0 unspecified atom stereocenters. The van der Waals surface area contributed by atoms with Gasteiger partial charge in [-0.1, -0.05) is 0 Å². The quantitative estimate of drug-likeness (QED) is 0.905. The van der Waals surface area contributed by atoms with Crippen LogP contribution in [0.15, 0.2) is 29.1 Å². The predicted molar refractivity (Wildman–Crippen MR) is 92.0 cm³/mol. The highest BCUT2D eigenvalue weighted by molar-refractivity contribution is 7.07. The SMILES string of the molecule is Cc1cc(N(C)Cc2ccsc2)c(CNC(C)(C)C)cn1. The van der Waals surface area contributed by atoms with E-state index in [0.29, 0.717) is 0 Å². The lowest BCUT2D eigenvalue weighted by atomic mass is 10.1. The van der Waals surface area contributed by atoms with Gasteiger partial charge in [-0.25, -0.2) is 0 Å². The molecule has 3 nitrogen and oxygen atoms in total. The van der Waals surface area contributed by atoms with Crippen molar-refractivity contribution < 1.29 is 0 Å². The zero-order valence-corrected chi connectivity index (χ0v) is 14.4. The zero-order valence-electron chi connectivity index (χ0n) is 13.6. The van der Waals surface area contributed by atoms with Crippen molar-refractivity contribution in [2.75, 3.05) is 11.9 Å². The summed E-state index contributed by atoms with van der Waals surface area (Å²) < 4.78 is 0. The first-order chi connectivity index (χ1) is 9.85. The molecule has 1 N–H and O–H groups in total. The van der Waals surface area contributed by atoms with Crippen LogP contribution >= 0.6 is 11.3 Å². The van der Waals surface area contributed by atoms with Crippen molar-refractivity contribution >= 4 is 17.0 Å². The van der Waals surface area contributed by atoms with Crippen molar-refractivity contribution in [1.29, 1.82) is 0 Å². The number of hydrogen-bond donors (Lipinski definition) is 1. The first-order valence-corrected chi connectivity index (χ1v) is 8.22. The van der Waals surface area contributed by atoms with E-state index in [0.717, 1.165) is 18.8 Å². The maximum atomic E-state index is 4.46. The van der Waals surface area contributed by atoms with Crippen LogP contribution in [0.25, 0.3) is 0 Å². The molecule has 0 bridgehead atoms. The third-order valence-corrected chi connectivity index (χ3v) is 4.05. The summed E-state index contributed by atoms with van der Waals surface area (Å²) in [6, 6.07) is 4.36. The normalized spacial score (nSPS) is 11.7.